The second-order valence-electron chi connectivity index (χ2n) is 6.38. The lowest BCUT2D eigenvalue weighted by Gasteiger charge is -2.28. The molecule has 0 bridgehead atoms. The molecular formula is C19H23N3O3. The lowest BCUT2D eigenvalue weighted by molar-refractivity contribution is 0.0730. The van der Waals surface area contributed by atoms with Crippen molar-refractivity contribution in [1.29, 1.82) is 0 Å². The van der Waals surface area contributed by atoms with E-state index in [1.807, 2.05) is 37.5 Å². The summed E-state index contributed by atoms with van der Waals surface area (Å²) in [6.07, 6.45) is 1.49. The van der Waals surface area contributed by atoms with Crippen LogP contribution in [0.4, 0.5) is 0 Å². The molecule has 0 radical (unpaired) electrons. The van der Waals surface area contributed by atoms with Gasteiger partial charge in [0.1, 0.15) is 5.75 Å². The normalized spacial score (nSPS) is 13.7. The van der Waals surface area contributed by atoms with Crippen molar-refractivity contribution in [2.45, 2.75) is 39.8 Å². The molecule has 1 aromatic carbocycles. The zero-order valence-electron chi connectivity index (χ0n) is 14.9. The summed E-state index contributed by atoms with van der Waals surface area (Å²) in [5, 5.41) is 0. The van der Waals surface area contributed by atoms with Crippen LogP contribution in [0.25, 0.3) is 0 Å². The van der Waals surface area contributed by atoms with Crippen LogP contribution in [0.15, 0.2) is 24.3 Å². The smallest absolute Gasteiger partial charge is 0.254 e. The van der Waals surface area contributed by atoms with Gasteiger partial charge in [0, 0.05) is 30.3 Å². The Morgan fingerprint density at radius 3 is 2.88 bits per heavy atom. The minimum Gasteiger partial charge on any atom is -0.494 e. The Morgan fingerprint density at radius 2 is 2.20 bits per heavy atom. The monoisotopic (exact) mass is 341 g/mol. The molecule has 1 aromatic heterocycles. The summed E-state index contributed by atoms with van der Waals surface area (Å²) in [5.41, 5.74) is 2.48. The van der Waals surface area contributed by atoms with Crippen molar-refractivity contribution in [3.8, 4) is 5.75 Å². The number of ether oxygens (including phenoxy) is 1. The van der Waals surface area contributed by atoms with Gasteiger partial charge in [-0.3, -0.25) is 9.59 Å². The Labute approximate surface area is 147 Å². The number of benzene rings is 1. The molecule has 0 unspecified atom stereocenters. The molecule has 3 rings (SSSR count). The first kappa shape index (κ1) is 17.2. The maximum Gasteiger partial charge on any atom is 0.254 e. The number of amides is 1. The van der Waals surface area contributed by atoms with Gasteiger partial charge in [0.2, 0.25) is 0 Å². The van der Waals surface area contributed by atoms with Gasteiger partial charge in [0.15, 0.2) is 12.1 Å². The van der Waals surface area contributed by atoms with E-state index in [9.17, 15) is 9.59 Å². The predicted octanol–water partition coefficient (Wildman–Crippen LogP) is 2.87. The Morgan fingerprint density at radius 1 is 1.40 bits per heavy atom. The van der Waals surface area contributed by atoms with Crippen molar-refractivity contribution in [2.24, 2.45) is 0 Å². The Balaban J connectivity index is 1.84. The molecule has 132 valence electrons. The number of aldehydes is 1. The highest BCUT2D eigenvalue weighted by molar-refractivity contribution is 5.94. The highest BCUT2D eigenvalue weighted by Gasteiger charge is 2.28. The average Bonchev–Trinajstić information content (AvgIpc) is 2.99. The van der Waals surface area contributed by atoms with Crippen LogP contribution in [0.5, 0.6) is 5.75 Å². The van der Waals surface area contributed by atoms with E-state index in [-0.39, 0.29) is 11.9 Å². The molecule has 0 N–H and O–H groups in total. The molecular weight excluding hydrogens is 318 g/mol. The van der Waals surface area contributed by atoms with Gasteiger partial charge in [0.25, 0.3) is 5.91 Å². The van der Waals surface area contributed by atoms with Crippen molar-refractivity contribution < 1.29 is 14.3 Å². The first-order valence-electron chi connectivity index (χ1n) is 8.62. The van der Waals surface area contributed by atoms with Gasteiger partial charge in [-0.05, 0) is 39.0 Å². The second-order valence-corrected chi connectivity index (χ2v) is 6.38. The van der Waals surface area contributed by atoms with Crippen molar-refractivity contribution in [3.05, 3.63) is 47.0 Å². The van der Waals surface area contributed by atoms with Crippen LogP contribution < -0.4 is 4.74 Å². The maximum absolute atomic E-state index is 12.8. The molecule has 0 saturated heterocycles. The van der Waals surface area contributed by atoms with E-state index in [1.54, 1.807) is 17.0 Å². The number of carbonyl (C=O) groups excluding carboxylic acids is 2. The number of fused-ring (bicyclic) bond motifs is 1. The highest BCUT2D eigenvalue weighted by atomic mass is 16.5. The summed E-state index contributed by atoms with van der Waals surface area (Å²) < 4.78 is 7.45. The number of hydrogen-bond donors (Lipinski definition) is 0. The fourth-order valence-electron chi connectivity index (χ4n) is 3.33. The molecule has 1 aliphatic rings. The Hall–Kier alpha value is -2.63. The van der Waals surface area contributed by atoms with Crippen LogP contribution in [0.1, 0.15) is 59.2 Å². The molecule has 1 aliphatic heterocycles. The first-order valence-corrected chi connectivity index (χ1v) is 8.62. The molecule has 1 amide bonds. The quantitative estimate of drug-likeness (QED) is 0.785. The molecule has 0 fully saturated rings. The van der Waals surface area contributed by atoms with Crippen LogP contribution >= 0.6 is 0 Å². The number of nitrogens with zero attached hydrogens (tertiary/aromatic N) is 3. The first-order chi connectivity index (χ1) is 12.0. The minimum atomic E-state index is -0.0426. The van der Waals surface area contributed by atoms with Crippen LogP contribution in [0.2, 0.25) is 0 Å². The zero-order chi connectivity index (χ0) is 18.0. The standard InChI is InChI=1S/C19H23N3O3/c1-4-25-15-7-5-6-14(10-15)19(24)21-9-8-17-16(11-21)20-18(12-23)22(17)13(2)3/h5-7,10,12-13H,4,8-9,11H2,1-3H3. The molecule has 6 nitrogen and oxygen atoms in total. The summed E-state index contributed by atoms with van der Waals surface area (Å²) in [6.45, 7) is 7.58. The van der Waals surface area contributed by atoms with Crippen molar-refractivity contribution in [3.63, 3.8) is 0 Å². The molecule has 0 saturated carbocycles. The van der Waals surface area contributed by atoms with Gasteiger partial charge >= 0.3 is 0 Å². The number of rotatable bonds is 5. The maximum atomic E-state index is 12.8. The van der Waals surface area contributed by atoms with Gasteiger partial charge in [-0.15, -0.1) is 0 Å². The van der Waals surface area contributed by atoms with E-state index in [4.69, 9.17) is 4.74 Å². The van der Waals surface area contributed by atoms with Crippen LogP contribution in [0.3, 0.4) is 0 Å². The SMILES string of the molecule is CCOc1cccc(C(=O)N2CCc3c(nc(C=O)n3C(C)C)C2)c1. The number of hydrogen-bond acceptors (Lipinski definition) is 4. The molecule has 0 atom stereocenters. The van der Waals surface area contributed by atoms with Gasteiger partial charge in [0.05, 0.1) is 18.8 Å². The number of imidazole rings is 1. The third-order valence-corrected chi connectivity index (χ3v) is 4.38. The third kappa shape index (κ3) is 3.29. The molecule has 25 heavy (non-hydrogen) atoms. The van der Waals surface area contributed by atoms with Crippen molar-refractivity contribution >= 4 is 12.2 Å². The third-order valence-electron chi connectivity index (χ3n) is 4.38. The van der Waals surface area contributed by atoms with Crippen molar-refractivity contribution in [2.75, 3.05) is 13.2 Å². The molecule has 0 spiro atoms. The van der Waals surface area contributed by atoms with E-state index < -0.39 is 0 Å². The lowest BCUT2D eigenvalue weighted by Crippen LogP contribution is -2.36. The lowest BCUT2D eigenvalue weighted by atomic mass is 10.1. The van der Waals surface area contributed by atoms with Gasteiger partial charge in [-0.25, -0.2) is 4.98 Å². The van der Waals surface area contributed by atoms with Crippen molar-refractivity contribution in [1.82, 2.24) is 14.5 Å². The minimum absolute atomic E-state index is 0.0426. The van der Waals surface area contributed by atoms with Gasteiger partial charge < -0.3 is 14.2 Å². The highest BCUT2D eigenvalue weighted by Crippen LogP contribution is 2.25. The fourth-order valence-corrected chi connectivity index (χ4v) is 3.33. The zero-order valence-corrected chi connectivity index (χ0v) is 14.9. The van der Waals surface area contributed by atoms with Gasteiger partial charge in [-0.2, -0.15) is 0 Å². The predicted molar refractivity (Wildman–Crippen MR) is 94.1 cm³/mol. The van der Waals surface area contributed by atoms with E-state index in [0.717, 1.165) is 17.7 Å². The van der Waals surface area contributed by atoms with Crippen LogP contribution in [-0.2, 0) is 13.0 Å². The summed E-state index contributed by atoms with van der Waals surface area (Å²) in [6, 6.07) is 7.40. The number of aromatic nitrogens is 2. The molecule has 2 aromatic rings. The Kier molecular flexibility index (Phi) is 4.88. The van der Waals surface area contributed by atoms with Crippen LogP contribution in [0, 0.1) is 0 Å². The van der Waals surface area contributed by atoms with E-state index in [1.165, 1.54) is 0 Å². The average molecular weight is 341 g/mol. The fraction of sp³-hybridized carbons (Fsp3) is 0.421. The van der Waals surface area contributed by atoms with E-state index >= 15 is 0 Å². The summed E-state index contributed by atoms with van der Waals surface area (Å²) in [4.78, 5) is 30.4. The Bertz CT molecular complexity index is 795. The van der Waals surface area contributed by atoms with Gasteiger partial charge in [-0.1, -0.05) is 6.07 Å². The summed E-state index contributed by atoms with van der Waals surface area (Å²) in [7, 11) is 0. The van der Waals surface area contributed by atoms with Crippen LogP contribution in [-0.4, -0.2) is 39.8 Å². The van der Waals surface area contributed by atoms with E-state index in [2.05, 4.69) is 4.98 Å². The molecule has 0 aliphatic carbocycles. The van der Waals surface area contributed by atoms with E-state index in [0.29, 0.717) is 43.3 Å². The second kappa shape index (κ2) is 7.09. The molecule has 6 heteroatoms. The number of carbonyl (C=O) groups is 2. The largest absolute Gasteiger partial charge is 0.494 e. The topological polar surface area (TPSA) is 64.4 Å². The summed E-state index contributed by atoms with van der Waals surface area (Å²) >= 11 is 0. The summed E-state index contributed by atoms with van der Waals surface area (Å²) in [5.74, 6) is 1.09. The molecule has 2 heterocycles.